The zero-order valence-electron chi connectivity index (χ0n) is 15.0. The summed E-state index contributed by atoms with van der Waals surface area (Å²) in [5.41, 5.74) is 0.0770. The Kier molecular flexibility index (Phi) is 4.52. The van der Waals surface area contributed by atoms with Gasteiger partial charge in [0.25, 0.3) is 0 Å². The first-order chi connectivity index (χ1) is 12.9. The SMILES string of the molecule is CNC1CCCCN1c1c(O)cc2c(=O)c(C(=O)O)cn(C3CC3)c2c1Cl. The molecule has 1 aliphatic heterocycles. The minimum atomic E-state index is -1.28. The van der Waals surface area contributed by atoms with Crippen LogP contribution in [0.25, 0.3) is 10.9 Å². The molecule has 7 nitrogen and oxygen atoms in total. The van der Waals surface area contributed by atoms with Gasteiger partial charge in [0.15, 0.2) is 0 Å². The molecular formula is C19H22ClN3O4. The molecule has 27 heavy (non-hydrogen) atoms. The summed E-state index contributed by atoms with van der Waals surface area (Å²) in [6.07, 6.45) is 6.25. The van der Waals surface area contributed by atoms with E-state index in [1.165, 1.54) is 12.3 Å². The fourth-order valence-corrected chi connectivity index (χ4v) is 4.42. The summed E-state index contributed by atoms with van der Waals surface area (Å²) >= 11 is 6.75. The summed E-state index contributed by atoms with van der Waals surface area (Å²) in [6, 6.07) is 1.49. The number of pyridine rings is 1. The van der Waals surface area contributed by atoms with Gasteiger partial charge in [0.05, 0.1) is 22.1 Å². The van der Waals surface area contributed by atoms with Gasteiger partial charge in [-0.15, -0.1) is 0 Å². The number of rotatable bonds is 4. The molecule has 0 bridgehead atoms. The third kappa shape index (κ3) is 2.95. The van der Waals surface area contributed by atoms with Crippen molar-refractivity contribution in [2.75, 3.05) is 18.5 Å². The van der Waals surface area contributed by atoms with E-state index in [9.17, 15) is 19.8 Å². The standard InChI is InChI=1S/C19H22ClN3O4/c1-21-14-4-2-3-7-22(14)17-13(24)8-11-16(15(17)20)23(10-5-6-10)9-12(18(11)25)19(26)27/h8-10,14,21,24H,2-7H2,1H3,(H,26,27). The van der Waals surface area contributed by atoms with Crippen LogP contribution in [0.5, 0.6) is 5.75 Å². The second-order valence-electron chi connectivity index (χ2n) is 7.26. The van der Waals surface area contributed by atoms with Crippen molar-refractivity contribution in [1.82, 2.24) is 9.88 Å². The highest BCUT2D eigenvalue weighted by atomic mass is 35.5. The summed E-state index contributed by atoms with van der Waals surface area (Å²) in [6.45, 7) is 0.741. The zero-order valence-corrected chi connectivity index (χ0v) is 15.8. The normalized spacial score (nSPS) is 20.2. The number of phenols is 1. The lowest BCUT2D eigenvalue weighted by Gasteiger charge is -2.38. The minimum absolute atomic E-state index is 0.0407. The second kappa shape index (κ2) is 6.73. The number of piperidine rings is 1. The maximum Gasteiger partial charge on any atom is 0.341 e. The van der Waals surface area contributed by atoms with E-state index >= 15 is 0 Å². The Hall–Kier alpha value is -2.25. The van der Waals surface area contributed by atoms with E-state index in [1.54, 1.807) is 4.57 Å². The molecule has 2 fully saturated rings. The molecule has 8 heteroatoms. The Morgan fingerprint density at radius 3 is 2.67 bits per heavy atom. The third-order valence-corrected chi connectivity index (χ3v) is 5.86. The van der Waals surface area contributed by atoms with Gasteiger partial charge in [-0.25, -0.2) is 4.79 Å². The Morgan fingerprint density at radius 1 is 1.30 bits per heavy atom. The van der Waals surface area contributed by atoms with Crippen molar-refractivity contribution in [2.45, 2.75) is 44.3 Å². The van der Waals surface area contributed by atoms with Gasteiger partial charge < -0.3 is 25.0 Å². The molecular weight excluding hydrogens is 370 g/mol. The molecule has 1 aliphatic carbocycles. The fraction of sp³-hybridized carbons (Fsp3) is 0.474. The monoisotopic (exact) mass is 391 g/mol. The highest BCUT2D eigenvalue weighted by molar-refractivity contribution is 6.38. The number of anilines is 1. The van der Waals surface area contributed by atoms with E-state index < -0.39 is 11.4 Å². The molecule has 4 rings (SSSR count). The van der Waals surface area contributed by atoms with Gasteiger partial charge in [-0.05, 0) is 45.2 Å². The average Bonchev–Trinajstić information content (AvgIpc) is 3.47. The van der Waals surface area contributed by atoms with Gasteiger partial charge in [0, 0.05) is 18.8 Å². The number of benzene rings is 1. The predicted molar refractivity (Wildman–Crippen MR) is 104 cm³/mol. The minimum Gasteiger partial charge on any atom is -0.506 e. The molecule has 0 radical (unpaired) electrons. The molecule has 2 aliphatic rings. The van der Waals surface area contributed by atoms with Crippen molar-refractivity contribution >= 4 is 34.2 Å². The van der Waals surface area contributed by atoms with Crippen LogP contribution >= 0.6 is 11.6 Å². The summed E-state index contributed by atoms with van der Waals surface area (Å²) in [7, 11) is 1.87. The van der Waals surface area contributed by atoms with E-state index in [0.717, 1.165) is 38.6 Å². The number of carboxylic acid groups (broad SMARTS) is 1. The number of aromatic nitrogens is 1. The molecule has 1 aromatic carbocycles. The lowest BCUT2D eigenvalue weighted by atomic mass is 10.0. The van der Waals surface area contributed by atoms with Crippen molar-refractivity contribution in [3.63, 3.8) is 0 Å². The van der Waals surface area contributed by atoms with Crippen LogP contribution in [0.15, 0.2) is 17.1 Å². The number of nitrogens with zero attached hydrogens (tertiary/aromatic N) is 2. The van der Waals surface area contributed by atoms with Crippen LogP contribution in [0, 0.1) is 0 Å². The van der Waals surface area contributed by atoms with Gasteiger partial charge >= 0.3 is 5.97 Å². The van der Waals surface area contributed by atoms with Gasteiger partial charge in [-0.2, -0.15) is 0 Å². The van der Waals surface area contributed by atoms with Crippen LogP contribution < -0.4 is 15.6 Å². The average molecular weight is 392 g/mol. The lowest BCUT2D eigenvalue weighted by Crippen LogP contribution is -2.47. The molecule has 1 unspecified atom stereocenters. The summed E-state index contributed by atoms with van der Waals surface area (Å²) in [4.78, 5) is 26.2. The molecule has 1 saturated carbocycles. The number of hydrogen-bond donors (Lipinski definition) is 3. The van der Waals surface area contributed by atoms with Crippen molar-refractivity contribution in [3.8, 4) is 5.75 Å². The number of aromatic carboxylic acids is 1. The molecule has 1 aromatic heterocycles. The van der Waals surface area contributed by atoms with Crippen LogP contribution in [-0.2, 0) is 0 Å². The van der Waals surface area contributed by atoms with E-state index in [4.69, 9.17) is 11.6 Å². The second-order valence-corrected chi connectivity index (χ2v) is 7.64. The maximum atomic E-state index is 12.7. The van der Waals surface area contributed by atoms with Crippen LogP contribution in [0.3, 0.4) is 0 Å². The quantitative estimate of drug-likeness (QED) is 0.741. The van der Waals surface area contributed by atoms with Gasteiger partial charge in [-0.3, -0.25) is 4.79 Å². The molecule has 2 heterocycles. The number of halogens is 1. The van der Waals surface area contributed by atoms with Gasteiger partial charge in [-0.1, -0.05) is 11.6 Å². The van der Waals surface area contributed by atoms with Crippen LogP contribution in [-0.4, -0.2) is 40.5 Å². The predicted octanol–water partition coefficient (Wildman–Crippen LogP) is 2.93. The first-order valence-corrected chi connectivity index (χ1v) is 9.59. The molecule has 144 valence electrons. The van der Waals surface area contributed by atoms with Crippen molar-refractivity contribution in [1.29, 1.82) is 0 Å². The maximum absolute atomic E-state index is 12.7. The van der Waals surface area contributed by atoms with E-state index in [1.807, 2.05) is 11.9 Å². The Bertz CT molecular complexity index is 983. The number of fused-ring (bicyclic) bond motifs is 1. The van der Waals surface area contributed by atoms with Crippen LogP contribution in [0.4, 0.5) is 5.69 Å². The lowest BCUT2D eigenvalue weighted by molar-refractivity contribution is 0.0695. The molecule has 3 N–H and O–H groups in total. The van der Waals surface area contributed by atoms with Gasteiger partial charge in [0.1, 0.15) is 17.0 Å². The first kappa shape index (κ1) is 18.1. The number of phenolic OH excluding ortho intramolecular Hbond substituents is 1. The van der Waals surface area contributed by atoms with Gasteiger partial charge in [0.2, 0.25) is 5.43 Å². The highest BCUT2D eigenvalue weighted by Crippen LogP contribution is 2.45. The van der Waals surface area contributed by atoms with Crippen LogP contribution in [0.2, 0.25) is 5.02 Å². The number of nitrogens with one attached hydrogen (secondary N) is 1. The molecule has 0 spiro atoms. The summed E-state index contributed by atoms with van der Waals surface area (Å²) < 4.78 is 1.80. The van der Waals surface area contributed by atoms with Crippen LogP contribution in [0.1, 0.15) is 48.5 Å². The topological polar surface area (TPSA) is 94.8 Å². The van der Waals surface area contributed by atoms with Crippen molar-refractivity contribution in [2.24, 2.45) is 0 Å². The summed E-state index contributed by atoms with van der Waals surface area (Å²) in [5, 5.41) is 23.8. The Labute approximate surface area is 161 Å². The van der Waals surface area contributed by atoms with E-state index in [-0.39, 0.29) is 28.9 Å². The van der Waals surface area contributed by atoms with Crippen molar-refractivity contribution in [3.05, 3.63) is 33.1 Å². The Morgan fingerprint density at radius 2 is 2.04 bits per heavy atom. The third-order valence-electron chi connectivity index (χ3n) is 5.50. The number of carbonyl (C=O) groups is 1. The number of hydrogen-bond acceptors (Lipinski definition) is 5. The Balaban J connectivity index is 2.01. The van der Waals surface area contributed by atoms with Crippen molar-refractivity contribution < 1.29 is 15.0 Å². The van der Waals surface area contributed by atoms with E-state index in [0.29, 0.717) is 16.2 Å². The summed E-state index contributed by atoms with van der Waals surface area (Å²) in [5.74, 6) is -1.38. The smallest absolute Gasteiger partial charge is 0.341 e. The fourth-order valence-electron chi connectivity index (χ4n) is 4.01. The first-order valence-electron chi connectivity index (χ1n) is 9.21. The van der Waals surface area contributed by atoms with E-state index in [2.05, 4.69) is 5.32 Å². The molecule has 0 amide bonds. The zero-order chi connectivity index (χ0) is 19.3. The molecule has 2 aromatic rings. The number of aromatic hydroxyl groups is 1. The molecule has 1 saturated heterocycles. The highest BCUT2D eigenvalue weighted by Gasteiger charge is 2.32. The number of carboxylic acids is 1. The molecule has 1 atom stereocenters. The largest absolute Gasteiger partial charge is 0.506 e.